The second-order valence-electron chi connectivity index (χ2n) is 2.28. The maximum Gasteiger partial charge on any atom is 0.209 e. The molecule has 0 aliphatic carbocycles. The third-order valence-electron chi connectivity index (χ3n) is 1.19. The van der Waals surface area contributed by atoms with Crippen LogP contribution in [0.5, 0.6) is 0 Å². The van der Waals surface area contributed by atoms with Gasteiger partial charge in [-0.15, -0.1) is 11.3 Å². The van der Waals surface area contributed by atoms with Crippen LogP contribution in [-0.4, -0.2) is 14.7 Å². The van der Waals surface area contributed by atoms with Crippen LogP contribution in [0, 0.1) is 0 Å². The van der Waals surface area contributed by atoms with Gasteiger partial charge in [0.15, 0.2) is 0 Å². The van der Waals surface area contributed by atoms with Gasteiger partial charge >= 0.3 is 0 Å². The molecule has 1 N–H and O–H groups in total. The summed E-state index contributed by atoms with van der Waals surface area (Å²) >= 11 is 7.18. The maximum atomic E-state index is 10.7. The average molecular weight is 226 g/mol. The number of hydrogen-bond acceptors (Lipinski definition) is 3. The first-order chi connectivity index (χ1) is 5.49. The topological polar surface area (TPSA) is 46.2 Å². The molecule has 12 heavy (non-hydrogen) atoms. The molecule has 0 fully saturated rings. The first kappa shape index (κ1) is 9.98. The molecule has 6 heteroatoms. The van der Waals surface area contributed by atoms with Crippen LogP contribution in [0.15, 0.2) is 11.4 Å². The zero-order chi connectivity index (χ0) is 9.19. The van der Waals surface area contributed by atoms with Gasteiger partial charge in [0, 0.05) is 11.4 Å². The second-order valence-corrected chi connectivity index (χ2v) is 5.53. The highest BCUT2D eigenvalue weighted by Crippen LogP contribution is 2.21. The minimum absolute atomic E-state index is 0.273. The fraction of sp³-hybridized carbons (Fsp3) is 0.333. The van der Waals surface area contributed by atoms with E-state index in [0.717, 1.165) is 11.1 Å². The lowest BCUT2D eigenvalue weighted by Gasteiger charge is -1.99. The van der Waals surface area contributed by atoms with Crippen LogP contribution in [0.25, 0.3) is 0 Å². The Bertz CT molecular complexity index is 357. The number of sulfonamides is 1. The van der Waals surface area contributed by atoms with Gasteiger partial charge in [-0.05, 0) is 11.4 Å². The highest BCUT2D eigenvalue weighted by molar-refractivity contribution is 7.88. The Kier molecular flexibility index (Phi) is 3.11. The van der Waals surface area contributed by atoms with Crippen molar-refractivity contribution in [3.8, 4) is 0 Å². The van der Waals surface area contributed by atoms with E-state index in [9.17, 15) is 8.42 Å². The molecule has 1 rings (SSSR count). The Morgan fingerprint density at radius 3 is 2.75 bits per heavy atom. The molecule has 68 valence electrons. The van der Waals surface area contributed by atoms with Gasteiger partial charge in [-0.2, -0.15) is 0 Å². The Labute approximate surface area is 80.4 Å². The number of hydrogen-bond donors (Lipinski definition) is 1. The van der Waals surface area contributed by atoms with E-state index in [1.807, 2.05) is 5.38 Å². The summed E-state index contributed by atoms with van der Waals surface area (Å²) in [6.45, 7) is 0.273. The molecule has 1 aromatic rings. The van der Waals surface area contributed by atoms with Gasteiger partial charge in [0.1, 0.15) is 0 Å². The van der Waals surface area contributed by atoms with Gasteiger partial charge in [0.2, 0.25) is 10.0 Å². The molecule has 0 saturated heterocycles. The molecule has 1 heterocycles. The van der Waals surface area contributed by atoms with Crippen molar-refractivity contribution in [2.45, 2.75) is 6.54 Å². The van der Waals surface area contributed by atoms with Crippen molar-refractivity contribution in [3.05, 3.63) is 21.3 Å². The minimum atomic E-state index is -3.12. The van der Waals surface area contributed by atoms with Gasteiger partial charge in [0.25, 0.3) is 0 Å². The molecule has 0 atom stereocenters. The number of halogens is 1. The molecule has 0 aliphatic rings. The number of rotatable bonds is 3. The lowest BCUT2D eigenvalue weighted by Crippen LogP contribution is -2.20. The van der Waals surface area contributed by atoms with Crippen molar-refractivity contribution >= 4 is 33.0 Å². The van der Waals surface area contributed by atoms with Gasteiger partial charge in [-0.3, -0.25) is 0 Å². The standard InChI is InChI=1S/C6H8ClNO2S2/c1-12(9,10)8-4-6-5(7)2-3-11-6/h2-3,8H,4H2,1H3. The van der Waals surface area contributed by atoms with E-state index in [0.29, 0.717) is 5.02 Å². The van der Waals surface area contributed by atoms with E-state index >= 15 is 0 Å². The summed E-state index contributed by atoms with van der Waals surface area (Å²) in [6, 6.07) is 1.74. The van der Waals surface area contributed by atoms with Crippen LogP contribution in [-0.2, 0) is 16.6 Å². The Morgan fingerprint density at radius 1 is 1.67 bits per heavy atom. The van der Waals surface area contributed by atoms with Crippen LogP contribution in [0.3, 0.4) is 0 Å². The largest absolute Gasteiger partial charge is 0.213 e. The minimum Gasteiger partial charge on any atom is -0.213 e. The predicted molar refractivity (Wildman–Crippen MR) is 51.0 cm³/mol. The summed E-state index contributed by atoms with van der Waals surface area (Å²) in [7, 11) is -3.12. The fourth-order valence-electron chi connectivity index (χ4n) is 0.648. The molecular formula is C6H8ClNO2S2. The normalized spacial score (nSPS) is 11.8. The van der Waals surface area contributed by atoms with Crippen molar-refractivity contribution in [1.29, 1.82) is 0 Å². The quantitative estimate of drug-likeness (QED) is 0.847. The smallest absolute Gasteiger partial charge is 0.209 e. The molecule has 0 unspecified atom stereocenters. The highest BCUT2D eigenvalue weighted by Gasteiger charge is 2.04. The third kappa shape index (κ3) is 3.10. The van der Waals surface area contributed by atoms with Crippen molar-refractivity contribution in [3.63, 3.8) is 0 Å². The van der Waals surface area contributed by atoms with Gasteiger partial charge in [-0.1, -0.05) is 11.6 Å². The molecular weight excluding hydrogens is 218 g/mol. The molecule has 0 radical (unpaired) electrons. The molecule has 3 nitrogen and oxygen atoms in total. The van der Waals surface area contributed by atoms with Crippen LogP contribution in [0.1, 0.15) is 4.88 Å². The van der Waals surface area contributed by atoms with Gasteiger partial charge < -0.3 is 0 Å². The summed E-state index contributed by atoms with van der Waals surface area (Å²) in [6.07, 6.45) is 1.12. The maximum absolute atomic E-state index is 10.7. The van der Waals surface area contributed by atoms with Crippen molar-refractivity contribution in [2.75, 3.05) is 6.26 Å². The van der Waals surface area contributed by atoms with Crippen LogP contribution in [0.2, 0.25) is 5.02 Å². The molecule has 0 spiro atoms. The first-order valence-electron chi connectivity index (χ1n) is 3.15. The summed E-state index contributed by atoms with van der Waals surface area (Å²) in [5, 5.41) is 2.43. The SMILES string of the molecule is CS(=O)(=O)NCc1sccc1Cl. The Balaban J connectivity index is 2.61. The molecule has 1 aromatic heterocycles. The van der Waals surface area contributed by atoms with Crippen molar-refractivity contribution in [2.24, 2.45) is 0 Å². The van der Waals surface area contributed by atoms with Crippen LogP contribution >= 0.6 is 22.9 Å². The highest BCUT2D eigenvalue weighted by atomic mass is 35.5. The Hall–Kier alpha value is -0.100. The van der Waals surface area contributed by atoms with E-state index in [2.05, 4.69) is 4.72 Å². The number of thiophene rings is 1. The summed E-state index contributed by atoms with van der Waals surface area (Å²) in [5.41, 5.74) is 0. The molecule has 0 aliphatic heterocycles. The molecule has 0 amide bonds. The van der Waals surface area contributed by atoms with Crippen molar-refractivity contribution in [1.82, 2.24) is 4.72 Å². The zero-order valence-electron chi connectivity index (χ0n) is 6.37. The lowest BCUT2D eigenvalue weighted by molar-refractivity contribution is 0.588. The summed E-state index contributed by atoms with van der Waals surface area (Å²) in [5.74, 6) is 0. The van der Waals surface area contributed by atoms with E-state index in [-0.39, 0.29) is 6.54 Å². The molecule has 0 aromatic carbocycles. The van der Waals surface area contributed by atoms with E-state index in [1.54, 1.807) is 6.07 Å². The third-order valence-corrected chi connectivity index (χ3v) is 3.24. The van der Waals surface area contributed by atoms with Crippen LogP contribution < -0.4 is 4.72 Å². The van der Waals surface area contributed by atoms with Crippen molar-refractivity contribution < 1.29 is 8.42 Å². The second kappa shape index (κ2) is 3.74. The van der Waals surface area contributed by atoms with Crippen LogP contribution in [0.4, 0.5) is 0 Å². The van der Waals surface area contributed by atoms with Gasteiger partial charge in [0.05, 0.1) is 11.3 Å². The summed E-state index contributed by atoms with van der Waals surface area (Å²) < 4.78 is 23.7. The zero-order valence-corrected chi connectivity index (χ0v) is 8.76. The summed E-state index contributed by atoms with van der Waals surface area (Å²) in [4.78, 5) is 0.835. The van der Waals surface area contributed by atoms with Gasteiger partial charge in [-0.25, -0.2) is 13.1 Å². The fourth-order valence-corrected chi connectivity index (χ4v) is 2.19. The lowest BCUT2D eigenvalue weighted by atomic mass is 10.5. The average Bonchev–Trinajstić information content (AvgIpc) is 2.29. The predicted octanol–water partition coefficient (Wildman–Crippen LogP) is 1.45. The Morgan fingerprint density at radius 2 is 2.33 bits per heavy atom. The molecule has 0 saturated carbocycles. The molecule has 0 bridgehead atoms. The van der Waals surface area contributed by atoms with E-state index in [4.69, 9.17) is 11.6 Å². The number of nitrogens with one attached hydrogen (secondary N) is 1. The monoisotopic (exact) mass is 225 g/mol. The first-order valence-corrected chi connectivity index (χ1v) is 6.30. The van der Waals surface area contributed by atoms with E-state index in [1.165, 1.54) is 11.3 Å². The van der Waals surface area contributed by atoms with E-state index < -0.39 is 10.0 Å².